The van der Waals surface area contributed by atoms with Crippen LogP contribution < -0.4 is 10.6 Å². The van der Waals surface area contributed by atoms with E-state index in [0.717, 1.165) is 5.56 Å². The van der Waals surface area contributed by atoms with Crippen molar-refractivity contribution in [2.45, 2.75) is 11.8 Å². The normalized spacial score (nSPS) is 15.3. The topological polar surface area (TPSA) is 70.7 Å². The van der Waals surface area contributed by atoms with Crippen molar-refractivity contribution < 1.29 is 13.2 Å². The van der Waals surface area contributed by atoms with E-state index in [2.05, 4.69) is 10.6 Å². The molecule has 0 aliphatic carbocycles. The lowest BCUT2D eigenvalue weighted by atomic mass is 10.2. The van der Waals surface area contributed by atoms with Crippen LogP contribution in [0.15, 0.2) is 47.4 Å². The third-order valence-corrected chi connectivity index (χ3v) is 6.57. The predicted octanol–water partition coefficient (Wildman–Crippen LogP) is 3.48. The molecule has 3 rings (SSSR count). The van der Waals surface area contributed by atoms with Gasteiger partial charge in [-0.05, 0) is 49.0 Å². The molecule has 1 heterocycles. The number of nitrogens with zero attached hydrogens (tertiary/aromatic N) is 1. The number of ether oxygens (including phenoxy) is 1. The first-order valence-corrected chi connectivity index (χ1v) is 10.6. The highest BCUT2D eigenvalue weighted by atomic mass is 35.5. The largest absolute Gasteiger partial charge is 0.379 e. The number of rotatable bonds is 4. The molecule has 0 radical (unpaired) electrons. The molecule has 1 fully saturated rings. The highest BCUT2D eigenvalue weighted by Crippen LogP contribution is 2.27. The van der Waals surface area contributed by atoms with Gasteiger partial charge in [-0.1, -0.05) is 29.8 Å². The zero-order valence-corrected chi connectivity index (χ0v) is 17.1. The molecule has 2 N–H and O–H groups in total. The van der Waals surface area contributed by atoms with Crippen LogP contribution in [0.1, 0.15) is 5.56 Å². The van der Waals surface area contributed by atoms with Crippen molar-refractivity contribution in [2.75, 3.05) is 36.9 Å². The zero-order chi connectivity index (χ0) is 19.4. The summed E-state index contributed by atoms with van der Waals surface area (Å²) >= 11 is 11.5. The number of morpholine rings is 1. The first kappa shape index (κ1) is 20.0. The van der Waals surface area contributed by atoms with Crippen LogP contribution in [-0.2, 0) is 14.8 Å². The average Bonchev–Trinajstić information content (AvgIpc) is 2.66. The summed E-state index contributed by atoms with van der Waals surface area (Å²) in [6, 6.07) is 12.4. The van der Waals surface area contributed by atoms with Crippen LogP contribution in [0.25, 0.3) is 0 Å². The molecule has 2 aromatic carbocycles. The van der Waals surface area contributed by atoms with Gasteiger partial charge in [-0.3, -0.25) is 0 Å². The molecule has 6 nitrogen and oxygen atoms in total. The second-order valence-electron chi connectivity index (χ2n) is 6.08. The van der Waals surface area contributed by atoms with E-state index in [4.69, 9.17) is 28.6 Å². The van der Waals surface area contributed by atoms with Crippen molar-refractivity contribution in [1.82, 2.24) is 4.31 Å². The third-order valence-electron chi connectivity index (χ3n) is 4.10. The number of benzene rings is 2. The van der Waals surface area contributed by atoms with Gasteiger partial charge in [0.05, 0.1) is 29.6 Å². The number of hydrogen-bond acceptors (Lipinski definition) is 4. The lowest BCUT2D eigenvalue weighted by Gasteiger charge is -2.27. The number of aryl methyl sites for hydroxylation is 1. The molecular formula is C18H20ClN3O3S2. The number of thiocarbonyl (C=S) groups is 1. The maximum Gasteiger partial charge on any atom is 0.245 e. The minimum Gasteiger partial charge on any atom is -0.379 e. The molecule has 0 spiro atoms. The highest BCUT2D eigenvalue weighted by molar-refractivity contribution is 7.89. The summed E-state index contributed by atoms with van der Waals surface area (Å²) in [6.07, 6.45) is 0. The average molecular weight is 426 g/mol. The van der Waals surface area contributed by atoms with Gasteiger partial charge in [-0.25, -0.2) is 8.42 Å². The van der Waals surface area contributed by atoms with Crippen molar-refractivity contribution in [3.05, 3.63) is 53.1 Å². The van der Waals surface area contributed by atoms with E-state index in [0.29, 0.717) is 42.7 Å². The quantitative estimate of drug-likeness (QED) is 0.731. The molecule has 1 aliphatic heterocycles. The van der Waals surface area contributed by atoms with Crippen LogP contribution in [0.4, 0.5) is 11.4 Å². The lowest BCUT2D eigenvalue weighted by Crippen LogP contribution is -2.41. The van der Waals surface area contributed by atoms with Crippen LogP contribution in [-0.4, -0.2) is 44.1 Å². The molecular weight excluding hydrogens is 406 g/mol. The molecule has 0 saturated carbocycles. The van der Waals surface area contributed by atoms with Gasteiger partial charge >= 0.3 is 0 Å². The van der Waals surface area contributed by atoms with Crippen molar-refractivity contribution in [2.24, 2.45) is 0 Å². The second kappa shape index (κ2) is 8.53. The molecule has 0 unspecified atom stereocenters. The van der Waals surface area contributed by atoms with Gasteiger partial charge in [0, 0.05) is 13.1 Å². The SMILES string of the molecule is Cc1ccc(NC(=S)Nc2ccccc2Cl)c(S(=O)(=O)N2CCOCC2)c1. The van der Waals surface area contributed by atoms with Gasteiger partial charge in [-0.15, -0.1) is 0 Å². The van der Waals surface area contributed by atoms with Crippen LogP contribution in [0.2, 0.25) is 5.02 Å². The van der Waals surface area contributed by atoms with E-state index in [1.807, 2.05) is 25.1 Å². The maximum absolute atomic E-state index is 13.1. The molecule has 9 heteroatoms. The van der Waals surface area contributed by atoms with Gasteiger partial charge in [0.25, 0.3) is 0 Å². The van der Waals surface area contributed by atoms with Crippen molar-refractivity contribution >= 4 is 50.3 Å². The molecule has 27 heavy (non-hydrogen) atoms. The summed E-state index contributed by atoms with van der Waals surface area (Å²) < 4.78 is 32.9. The van der Waals surface area contributed by atoms with Crippen LogP contribution in [0, 0.1) is 6.92 Å². The van der Waals surface area contributed by atoms with Crippen LogP contribution in [0.5, 0.6) is 0 Å². The summed E-state index contributed by atoms with van der Waals surface area (Å²) in [7, 11) is -3.66. The van der Waals surface area contributed by atoms with Gasteiger partial charge in [0.15, 0.2) is 5.11 Å². The molecule has 144 valence electrons. The maximum atomic E-state index is 13.1. The Morgan fingerprint density at radius 1 is 1.11 bits per heavy atom. The summed E-state index contributed by atoms with van der Waals surface area (Å²) in [5.74, 6) is 0. The molecule has 1 saturated heterocycles. The van der Waals surface area contributed by atoms with Crippen molar-refractivity contribution in [3.63, 3.8) is 0 Å². The molecule has 0 aromatic heterocycles. The minimum atomic E-state index is -3.66. The highest BCUT2D eigenvalue weighted by Gasteiger charge is 2.29. The fourth-order valence-electron chi connectivity index (χ4n) is 2.71. The first-order chi connectivity index (χ1) is 12.9. The van der Waals surface area contributed by atoms with Crippen LogP contribution in [0.3, 0.4) is 0 Å². The van der Waals surface area contributed by atoms with Gasteiger partial charge < -0.3 is 15.4 Å². The van der Waals surface area contributed by atoms with E-state index in [9.17, 15) is 8.42 Å². The van der Waals surface area contributed by atoms with E-state index < -0.39 is 10.0 Å². The molecule has 1 aliphatic rings. The van der Waals surface area contributed by atoms with E-state index in [-0.39, 0.29) is 10.0 Å². The summed E-state index contributed by atoms with van der Waals surface area (Å²) in [4.78, 5) is 0.188. The van der Waals surface area contributed by atoms with E-state index in [1.165, 1.54) is 4.31 Å². The monoisotopic (exact) mass is 425 g/mol. The number of halogens is 1. The van der Waals surface area contributed by atoms with Crippen LogP contribution >= 0.6 is 23.8 Å². The minimum absolute atomic E-state index is 0.188. The molecule has 0 bridgehead atoms. The number of sulfonamides is 1. The van der Waals surface area contributed by atoms with E-state index >= 15 is 0 Å². The van der Waals surface area contributed by atoms with Gasteiger partial charge in [0.2, 0.25) is 10.0 Å². The lowest BCUT2D eigenvalue weighted by molar-refractivity contribution is 0.0730. The fraction of sp³-hybridized carbons (Fsp3) is 0.278. The van der Waals surface area contributed by atoms with Crippen molar-refractivity contribution in [3.8, 4) is 0 Å². The third kappa shape index (κ3) is 4.77. The number of nitrogens with one attached hydrogen (secondary N) is 2. The molecule has 0 atom stereocenters. The Kier molecular flexibility index (Phi) is 6.33. The Labute approximate surface area is 169 Å². The Bertz CT molecular complexity index is 945. The number of anilines is 2. The smallest absolute Gasteiger partial charge is 0.245 e. The second-order valence-corrected chi connectivity index (χ2v) is 8.80. The molecule has 0 amide bonds. The number of para-hydroxylation sites is 1. The Morgan fingerprint density at radius 3 is 2.48 bits per heavy atom. The number of hydrogen-bond donors (Lipinski definition) is 2. The summed E-state index contributed by atoms with van der Waals surface area (Å²) in [5, 5.41) is 6.75. The summed E-state index contributed by atoms with van der Waals surface area (Å²) in [5.41, 5.74) is 1.90. The first-order valence-electron chi connectivity index (χ1n) is 8.39. The standard InChI is InChI=1S/C18H20ClN3O3S2/c1-13-6-7-16(21-18(26)20-15-5-3-2-4-14(15)19)17(12-13)27(23,24)22-8-10-25-11-9-22/h2-7,12H,8-11H2,1H3,(H2,20,21,26). The summed E-state index contributed by atoms with van der Waals surface area (Å²) in [6.45, 7) is 3.29. The zero-order valence-electron chi connectivity index (χ0n) is 14.7. The fourth-order valence-corrected chi connectivity index (χ4v) is 4.75. The van der Waals surface area contributed by atoms with Crippen molar-refractivity contribution in [1.29, 1.82) is 0 Å². The Balaban J connectivity index is 1.86. The van der Waals surface area contributed by atoms with E-state index in [1.54, 1.807) is 24.3 Å². The predicted molar refractivity (Wildman–Crippen MR) is 112 cm³/mol. The van der Waals surface area contributed by atoms with Gasteiger partial charge in [0.1, 0.15) is 4.90 Å². The Hall–Kier alpha value is -1.71. The molecule has 2 aromatic rings. The Morgan fingerprint density at radius 2 is 1.78 bits per heavy atom. The van der Waals surface area contributed by atoms with Gasteiger partial charge in [-0.2, -0.15) is 4.31 Å².